The fourth-order valence-electron chi connectivity index (χ4n) is 7.52. The van der Waals surface area contributed by atoms with Crippen LogP contribution in [-0.4, -0.2) is 78.1 Å². The van der Waals surface area contributed by atoms with Crippen molar-refractivity contribution in [1.29, 1.82) is 0 Å². The van der Waals surface area contributed by atoms with Crippen molar-refractivity contribution in [3.63, 3.8) is 0 Å². The lowest BCUT2D eigenvalue weighted by Crippen LogP contribution is -2.04. The lowest BCUT2D eigenvalue weighted by Gasteiger charge is -2.22. The molecule has 0 fully saturated rings. The molecule has 12 rings (SSSR count). The first-order valence-electron chi connectivity index (χ1n) is 16.1. The summed E-state index contributed by atoms with van der Waals surface area (Å²) in [6, 6.07) is 12.9. The molecule has 16 heteroatoms. The first-order valence-corrected chi connectivity index (χ1v) is 16.1. The molecule has 12 aromatic rings. The van der Waals surface area contributed by atoms with Crippen LogP contribution in [0.25, 0.3) is 99.7 Å². The van der Waals surface area contributed by atoms with E-state index in [1.54, 1.807) is 50.1 Å². The molecule has 0 aliphatic carbocycles. The van der Waals surface area contributed by atoms with Crippen LogP contribution >= 0.6 is 0 Å². The minimum Gasteiger partial charge on any atom is -0.295 e. The molecule has 0 saturated carbocycles. The lowest BCUT2D eigenvalue weighted by molar-refractivity contribution is 1.06. The maximum atomic E-state index is 4.63. The number of aromatic nitrogens is 16. The van der Waals surface area contributed by atoms with Gasteiger partial charge < -0.3 is 0 Å². The smallest absolute Gasteiger partial charge is 0.181 e. The molecule has 52 heavy (non-hydrogen) atoms. The first-order chi connectivity index (χ1) is 25.8. The van der Waals surface area contributed by atoms with Gasteiger partial charge in [0.1, 0.15) is 72.7 Å². The number of imidazole rings is 4. The highest BCUT2D eigenvalue weighted by molar-refractivity contribution is 6.29. The topological polar surface area (TPSA) is 174 Å². The van der Waals surface area contributed by atoms with Gasteiger partial charge in [-0.3, -0.25) is 18.3 Å². The van der Waals surface area contributed by atoms with Gasteiger partial charge in [-0.05, 0) is 12.1 Å². The van der Waals surface area contributed by atoms with Crippen LogP contribution in [0.3, 0.4) is 0 Å². The van der Waals surface area contributed by atoms with Gasteiger partial charge in [0.05, 0.1) is 47.5 Å². The molecule has 0 atom stereocenters. The van der Waals surface area contributed by atoms with Gasteiger partial charge in [-0.2, -0.15) is 0 Å². The summed E-state index contributed by atoms with van der Waals surface area (Å²) in [4.78, 5) is 53.5. The molecular formula is C36H18N16. The minimum absolute atomic E-state index is 0.594. The van der Waals surface area contributed by atoms with Crippen molar-refractivity contribution >= 4 is 77.0 Å². The molecule has 0 bridgehead atoms. The number of fused-ring (bicyclic) bond motifs is 4. The zero-order valence-corrected chi connectivity index (χ0v) is 26.5. The molecular weight excluding hydrogens is 657 g/mol. The molecule has 0 aliphatic heterocycles. The summed E-state index contributed by atoms with van der Waals surface area (Å²) < 4.78 is 8.13. The fourth-order valence-corrected chi connectivity index (χ4v) is 7.52. The molecule has 8 aromatic heterocycles. The summed E-state index contributed by atoms with van der Waals surface area (Å²) >= 11 is 0. The predicted molar refractivity (Wildman–Crippen MR) is 191 cm³/mol. The zero-order chi connectivity index (χ0) is 33.9. The standard InChI is InChI=1S/C36H18N16/c1-2-20-24(50-16-46-34-28(50)8-38-12-42-34)6-26(52-18-48-36-30(52)10-40-14-44-36)22-4-3-21-25(51-17-47-35-29(51)9-39-13-43-35)5-23(19(1)31(21)32(20)22)49-15-45-33-27(49)7-37-11-41-33/h1-18H. The second-order valence-electron chi connectivity index (χ2n) is 12.3. The van der Waals surface area contributed by atoms with E-state index in [4.69, 9.17) is 0 Å². The second kappa shape index (κ2) is 9.85. The molecule has 0 aliphatic rings. The van der Waals surface area contributed by atoms with Crippen LogP contribution in [0.15, 0.2) is 112 Å². The van der Waals surface area contributed by atoms with Crippen molar-refractivity contribution in [2.45, 2.75) is 0 Å². The van der Waals surface area contributed by atoms with Crippen molar-refractivity contribution in [3.8, 4) is 22.7 Å². The van der Waals surface area contributed by atoms with Gasteiger partial charge in [0.15, 0.2) is 22.6 Å². The third kappa shape index (κ3) is 3.53. The molecule has 0 amide bonds. The van der Waals surface area contributed by atoms with E-state index in [9.17, 15) is 0 Å². The van der Waals surface area contributed by atoms with Gasteiger partial charge in [-0.1, -0.05) is 24.3 Å². The van der Waals surface area contributed by atoms with Gasteiger partial charge in [0.2, 0.25) is 0 Å². The van der Waals surface area contributed by atoms with Crippen LogP contribution in [0.5, 0.6) is 0 Å². The maximum absolute atomic E-state index is 4.63. The van der Waals surface area contributed by atoms with Gasteiger partial charge in [-0.15, -0.1) is 0 Å². The Kier molecular flexibility index (Phi) is 5.12. The van der Waals surface area contributed by atoms with Crippen molar-refractivity contribution in [3.05, 3.63) is 112 Å². The Morgan fingerprint density at radius 3 is 0.865 bits per heavy atom. The van der Waals surface area contributed by atoms with Crippen LogP contribution in [0.2, 0.25) is 0 Å². The second-order valence-corrected chi connectivity index (χ2v) is 12.3. The van der Waals surface area contributed by atoms with E-state index in [1.165, 1.54) is 25.3 Å². The number of rotatable bonds is 4. The van der Waals surface area contributed by atoms with Crippen molar-refractivity contribution < 1.29 is 0 Å². The van der Waals surface area contributed by atoms with E-state index in [0.29, 0.717) is 22.6 Å². The molecule has 0 radical (unpaired) electrons. The third-order valence-corrected chi connectivity index (χ3v) is 9.76. The average Bonchev–Trinajstić information content (AvgIpc) is 4.01. The molecule has 4 aromatic carbocycles. The van der Waals surface area contributed by atoms with Crippen LogP contribution < -0.4 is 0 Å². The molecule has 0 unspecified atom stereocenters. The van der Waals surface area contributed by atoms with E-state index in [1.807, 2.05) is 18.3 Å². The fraction of sp³-hybridized carbons (Fsp3) is 0. The SMILES string of the molecule is c1ncc2c(n1)ncn2-c1cc(-n2cnc3ncncc32)c2ccc3c(-n4cnc5ncncc54)cc(-n4cnc5ncncc54)c4ccc1c2c43. The van der Waals surface area contributed by atoms with E-state index >= 15 is 0 Å². The Morgan fingerprint density at radius 2 is 0.596 bits per heavy atom. The van der Waals surface area contributed by atoms with Gasteiger partial charge >= 0.3 is 0 Å². The third-order valence-electron chi connectivity index (χ3n) is 9.76. The molecule has 0 spiro atoms. The van der Waals surface area contributed by atoms with Gasteiger partial charge in [0, 0.05) is 32.3 Å². The summed E-state index contributed by atoms with van der Waals surface area (Å²) in [5.41, 5.74) is 9.05. The summed E-state index contributed by atoms with van der Waals surface area (Å²) in [6.45, 7) is 0. The van der Waals surface area contributed by atoms with Crippen molar-refractivity contribution in [2.24, 2.45) is 0 Å². The highest BCUT2D eigenvalue weighted by Crippen LogP contribution is 2.45. The number of hydrogen-bond acceptors (Lipinski definition) is 12. The average molecular weight is 675 g/mol. The first kappa shape index (κ1) is 27.0. The molecule has 16 nitrogen and oxygen atoms in total. The van der Waals surface area contributed by atoms with E-state index in [2.05, 4.69) is 96.2 Å². The summed E-state index contributed by atoms with van der Waals surface area (Å²) in [5, 5.41) is 6.07. The Hall–Kier alpha value is -7.88. The Balaban J connectivity index is 1.29. The summed E-state index contributed by atoms with van der Waals surface area (Å²) in [6.07, 6.45) is 20.3. The molecule has 0 saturated heterocycles. The normalized spacial score (nSPS) is 12.2. The maximum Gasteiger partial charge on any atom is 0.181 e. The number of benzene rings is 4. The quantitative estimate of drug-likeness (QED) is 0.226. The lowest BCUT2D eigenvalue weighted by atomic mass is 9.90. The van der Waals surface area contributed by atoms with Crippen LogP contribution in [0.1, 0.15) is 0 Å². The van der Waals surface area contributed by atoms with Gasteiger partial charge in [0.25, 0.3) is 0 Å². The van der Waals surface area contributed by atoms with Crippen molar-refractivity contribution in [2.75, 3.05) is 0 Å². The van der Waals surface area contributed by atoms with E-state index in [0.717, 1.165) is 77.1 Å². The largest absolute Gasteiger partial charge is 0.295 e. The Labute approximate surface area is 289 Å². The molecule has 0 N–H and O–H groups in total. The zero-order valence-electron chi connectivity index (χ0n) is 26.5. The van der Waals surface area contributed by atoms with E-state index < -0.39 is 0 Å². The Morgan fingerprint density at radius 1 is 0.327 bits per heavy atom. The monoisotopic (exact) mass is 674 g/mol. The minimum atomic E-state index is 0.594. The van der Waals surface area contributed by atoms with Gasteiger partial charge in [-0.25, -0.2) is 59.8 Å². The predicted octanol–water partition coefficient (Wildman–Crippen LogP) is 5.10. The van der Waals surface area contributed by atoms with Crippen molar-refractivity contribution in [1.82, 2.24) is 78.1 Å². The highest BCUT2D eigenvalue weighted by atomic mass is 15.1. The van der Waals surface area contributed by atoms with Crippen LogP contribution in [0, 0.1) is 0 Å². The van der Waals surface area contributed by atoms with E-state index in [-0.39, 0.29) is 0 Å². The van der Waals surface area contributed by atoms with Crippen LogP contribution in [-0.2, 0) is 0 Å². The molecule has 8 heterocycles. The number of hydrogen-bond donors (Lipinski definition) is 0. The highest BCUT2D eigenvalue weighted by Gasteiger charge is 2.24. The summed E-state index contributed by atoms with van der Waals surface area (Å²) in [7, 11) is 0. The molecule has 242 valence electrons. The van der Waals surface area contributed by atoms with Crippen LogP contribution in [0.4, 0.5) is 0 Å². The summed E-state index contributed by atoms with van der Waals surface area (Å²) in [5.74, 6) is 0. The number of nitrogens with zero attached hydrogens (tertiary/aromatic N) is 16. The Bertz CT molecular complexity index is 2950.